The van der Waals surface area contributed by atoms with Gasteiger partial charge in [0, 0.05) is 35.2 Å². The number of aromatic nitrogens is 1. The highest BCUT2D eigenvalue weighted by Crippen LogP contribution is 2.35. The van der Waals surface area contributed by atoms with E-state index in [0.717, 1.165) is 23.6 Å². The molecule has 0 radical (unpaired) electrons. The second-order valence-corrected chi connectivity index (χ2v) is 5.84. The number of aryl methyl sites for hydroxylation is 1. The second kappa shape index (κ2) is 7.91. The Bertz CT molecular complexity index is 948. The normalized spacial score (nSPS) is 11.1. The first-order valence-electron chi connectivity index (χ1n) is 8.61. The topological polar surface area (TPSA) is 31.6 Å². The van der Waals surface area contributed by atoms with E-state index < -0.39 is 0 Å². The van der Waals surface area contributed by atoms with E-state index >= 15 is 0 Å². The molecule has 0 saturated heterocycles. The molecule has 0 amide bonds. The lowest BCUT2D eigenvalue weighted by Crippen LogP contribution is -2.36. The van der Waals surface area contributed by atoms with Gasteiger partial charge in [-0.1, -0.05) is 12.1 Å². The molecule has 0 N–H and O–H groups in total. The van der Waals surface area contributed by atoms with E-state index in [4.69, 9.17) is 14.2 Å². The van der Waals surface area contributed by atoms with Crippen molar-refractivity contribution in [1.82, 2.24) is 0 Å². The molecule has 3 rings (SSSR count). The van der Waals surface area contributed by atoms with Gasteiger partial charge in [-0.25, -0.2) is 0 Å². The van der Waals surface area contributed by atoms with Gasteiger partial charge in [0.1, 0.15) is 12.3 Å². The zero-order valence-corrected chi connectivity index (χ0v) is 15.7. The second-order valence-electron chi connectivity index (χ2n) is 5.84. The average Bonchev–Trinajstić information content (AvgIpc) is 2.70. The van der Waals surface area contributed by atoms with Gasteiger partial charge in [-0.05, 0) is 31.2 Å². The number of ether oxygens (including phenoxy) is 3. The summed E-state index contributed by atoms with van der Waals surface area (Å²) in [5.41, 5.74) is 3.28. The Morgan fingerprint density at radius 3 is 2.19 bits per heavy atom. The van der Waals surface area contributed by atoms with Gasteiger partial charge in [-0.2, -0.15) is 4.57 Å². The first-order chi connectivity index (χ1) is 12.7. The quantitative estimate of drug-likeness (QED) is 0.620. The van der Waals surface area contributed by atoms with Gasteiger partial charge in [0.15, 0.2) is 11.5 Å². The van der Waals surface area contributed by atoms with Crippen LogP contribution in [0.15, 0.2) is 48.5 Å². The van der Waals surface area contributed by atoms with Crippen LogP contribution in [0, 0.1) is 0 Å². The number of fused-ring (bicyclic) bond motifs is 1. The predicted molar refractivity (Wildman–Crippen MR) is 105 cm³/mol. The number of hydrogen-bond donors (Lipinski definition) is 0. The van der Waals surface area contributed by atoms with Gasteiger partial charge in [-0.3, -0.25) is 0 Å². The molecule has 0 aliphatic rings. The number of hydrogen-bond acceptors (Lipinski definition) is 3. The fraction of sp³-hybridized carbons (Fsp3) is 0.227. The first kappa shape index (κ1) is 17.8. The van der Waals surface area contributed by atoms with E-state index in [-0.39, 0.29) is 0 Å². The van der Waals surface area contributed by atoms with Crippen molar-refractivity contribution < 1.29 is 18.8 Å². The fourth-order valence-electron chi connectivity index (χ4n) is 3.14. The summed E-state index contributed by atoms with van der Waals surface area (Å²) in [4.78, 5) is 0. The van der Waals surface area contributed by atoms with Crippen LogP contribution >= 0.6 is 0 Å². The lowest BCUT2D eigenvalue weighted by molar-refractivity contribution is -0.669. The summed E-state index contributed by atoms with van der Waals surface area (Å²) in [6.07, 6.45) is 4.14. The fourth-order valence-corrected chi connectivity index (χ4v) is 3.14. The highest BCUT2D eigenvalue weighted by molar-refractivity contribution is 5.78. The molecule has 0 bridgehead atoms. The van der Waals surface area contributed by atoms with Gasteiger partial charge in [0.05, 0.1) is 21.3 Å². The molecule has 1 aromatic heterocycles. The Labute approximate surface area is 154 Å². The Hall–Kier alpha value is -3.01. The van der Waals surface area contributed by atoms with E-state index in [0.29, 0.717) is 11.5 Å². The first-order valence-corrected chi connectivity index (χ1v) is 8.61. The molecule has 0 unspecified atom stereocenters. The van der Waals surface area contributed by atoms with Gasteiger partial charge in [-0.15, -0.1) is 0 Å². The molecule has 0 spiro atoms. The molecular weight excluding hydrogens is 326 g/mol. The van der Waals surface area contributed by atoms with Crippen molar-refractivity contribution in [3.05, 3.63) is 59.8 Å². The highest BCUT2D eigenvalue weighted by Gasteiger charge is 2.13. The van der Waals surface area contributed by atoms with Crippen molar-refractivity contribution in [3.63, 3.8) is 0 Å². The van der Waals surface area contributed by atoms with Crippen LogP contribution in [0.4, 0.5) is 0 Å². The molecule has 0 fully saturated rings. The molecule has 3 aromatic rings. The third kappa shape index (κ3) is 3.36. The van der Waals surface area contributed by atoms with Crippen LogP contribution in [0.1, 0.15) is 18.2 Å². The molecular formula is C22H24NO3+. The molecule has 0 aliphatic heterocycles. The summed E-state index contributed by atoms with van der Waals surface area (Å²) in [7, 11) is 4.90. The van der Waals surface area contributed by atoms with Crippen LogP contribution in [-0.2, 0) is 6.54 Å². The number of rotatable bonds is 6. The number of methoxy groups -OCH3 is 3. The zero-order valence-electron chi connectivity index (χ0n) is 15.7. The maximum Gasteiger partial charge on any atom is 0.212 e. The minimum atomic E-state index is 0.649. The maximum absolute atomic E-state index is 5.51. The third-order valence-corrected chi connectivity index (χ3v) is 4.46. The summed E-state index contributed by atoms with van der Waals surface area (Å²) >= 11 is 0. The maximum atomic E-state index is 5.51. The van der Waals surface area contributed by atoms with E-state index in [1.54, 1.807) is 21.3 Å². The van der Waals surface area contributed by atoms with Crippen LogP contribution in [0.2, 0.25) is 0 Å². The van der Waals surface area contributed by atoms with Crippen molar-refractivity contribution in [2.75, 3.05) is 21.3 Å². The van der Waals surface area contributed by atoms with E-state index in [2.05, 4.69) is 54.0 Å². The minimum absolute atomic E-state index is 0.649. The van der Waals surface area contributed by atoms with Gasteiger partial charge in [0.2, 0.25) is 11.2 Å². The molecule has 0 saturated carbocycles. The van der Waals surface area contributed by atoms with E-state index in [1.165, 1.54) is 10.9 Å². The van der Waals surface area contributed by atoms with Crippen molar-refractivity contribution in [1.29, 1.82) is 0 Å². The van der Waals surface area contributed by atoms with Crippen molar-refractivity contribution in [2.24, 2.45) is 0 Å². The smallest absolute Gasteiger partial charge is 0.212 e. The average molecular weight is 350 g/mol. The van der Waals surface area contributed by atoms with Crippen molar-refractivity contribution in [2.45, 2.75) is 13.5 Å². The van der Waals surface area contributed by atoms with Gasteiger partial charge >= 0.3 is 0 Å². The van der Waals surface area contributed by atoms with Crippen LogP contribution in [0.25, 0.3) is 23.1 Å². The molecule has 0 aliphatic carbocycles. The SMILES string of the molecule is CC[n+]1c(C=Cc2cc(OC)c(OC)cc2OC)ccc2ccccc21. The Balaban J connectivity index is 2.06. The van der Waals surface area contributed by atoms with Crippen LogP contribution < -0.4 is 18.8 Å². The van der Waals surface area contributed by atoms with Crippen molar-refractivity contribution >= 4 is 23.1 Å². The molecule has 4 nitrogen and oxygen atoms in total. The largest absolute Gasteiger partial charge is 0.496 e. The minimum Gasteiger partial charge on any atom is -0.496 e. The number of benzene rings is 2. The van der Waals surface area contributed by atoms with E-state index in [1.807, 2.05) is 18.2 Å². The lowest BCUT2D eigenvalue weighted by Gasteiger charge is -2.12. The Morgan fingerprint density at radius 2 is 1.50 bits per heavy atom. The van der Waals surface area contributed by atoms with Gasteiger partial charge in [0.25, 0.3) is 0 Å². The molecule has 134 valence electrons. The van der Waals surface area contributed by atoms with Crippen LogP contribution in [-0.4, -0.2) is 21.3 Å². The van der Waals surface area contributed by atoms with Crippen molar-refractivity contribution in [3.8, 4) is 17.2 Å². The zero-order chi connectivity index (χ0) is 18.5. The van der Waals surface area contributed by atoms with Gasteiger partial charge < -0.3 is 14.2 Å². The monoisotopic (exact) mass is 350 g/mol. The summed E-state index contributed by atoms with van der Waals surface area (Å²) in [6, 6.07) is 16.5. The molecule has 2 aromatic carbocycles. The lowest BCUT2D eigenvalue weighted by atomic mass is 10.1. The predicted octanol–water partition coefficient (Wildman–Crippen LogP) is 4.34. The Morgan fingerprint density at radius 1 is 0.808 bits per heavy atom. The summed E-state index contributed by atoms with van der Waals surface area (Å²) in [5.74, 6) is 2.06. The van der Waals surface area contributed by atoms with E-state index in [9.17, 15) is 0 Å². The molecule has 26 heavy (non-hydrogen) atoms. The Kier molecular flexibility index (Phi) is 5.42. The molecule has 4 heteroatoms. The summed E-state index contributed by atoms with van der Waals surface area (Å²) < 4.78 is 18.6. The summed E-state index contributed by atoms with van der Waals surface area (Å²) in [6.45, 7) is 3.05. The van der Waals surface area contributed by atoms with Crippen LogP contribution in [0.3, 0.4) is 0 Å². The number of nitrogens with zero attached hydrogens (tertiary/aromatic N) is 1. The molecule has 0 atom stereocenters. The highest BCUT2D eigenvalue weighted by atomic mass is 16.5. The number of pyridine rings is 1. The molecule has 1 heterocycles. The number of para-hydroxylation sites is 1. The third-order valence-electron chi connectivity index (χ3n) is 4.46. The van der Waals surface area contributed by atoms with Crippen LogP contribution in [0.5, 0.6) is 17.2 Å². The summed E-state index contributed by atoms with van der Waals surface area (Å²) in [5, 5.41) is 1.23. The standard InChI is InChI=1S/C22H24NO3/c1-5-23-18(12-10-16-8-6-7-9-19(16)23)13-11-17-14-21(25-3)22(26-4)15-20(17)24-2/h6-15H,5H2,1-4H3/q+1.